The Hall–Kier alpha value is -0.120. The highest BCUT2D eigenvalue weighted by Crippen LogP contribution is 2.34. The van der Waals surface area contributed by atoms with Gasteiger partial charge >= 0.3 is 0 Å². The zero-order chi connectivity index (χ0) is 15.7. The lowest BCUT2D eigenvalue weighted by Crippen LogP contribution is -2.29. The van der Waals surface area contributed by atoms with Crippen LogP contribution < -0.4 is 5.56 Å². The largest absolute Gasteiger partial charge is 0.390 e. The summed E-state index contributed by atoms with van der Waals surface area (Å²) in [6, 6.07) is 0. The zero-order valence-electron chi connectivity index (χ0n) is 12.5. The van der Waals surface area contributed by atoms with E-state index in [4.69, 9.17) is 4.98 Å². The average Bonchev–Trinajstić information content (AvgIpc) is 2.89. The van der Waals surface area contributed by atoms with Crippen LogP contribution in [0.5, 0.6) is 0 Å². The van der Waals surface area contributed by atoms with Gasteiger partial charge in [0, 0.05) is 9.30 Å². The number of aryl methyl sites for hydroxylation is 2. The molecular formula is C15H19IN2O2S2. The van der Waals surface area contributed by atoms with E-state index in [1.165, 1.54) is 16.9 Å². The summed E-state index contributed by atoms with van der Waals surface area (Å²) >= 11 is 5.41. The maximum atomic E-state index is 13.0. The number of fused-ring (bicyclic) bond motifs is 3. The highest BCUT2D eigenvalue weighted by Gasteiger charge is 2.22. The number of aromatic nitrogens is 2. The molecule has 1 aliphatic carbocycles. The molecule has 0 saturated heterocycles. The lowest BCUT2D eigenvalue weighted by atomic mass is 9.97. The first kappa shape index (κ1) is 16.7. The smallest absolute Gasteiger partial charge is 0.263 e. The van der Waals surface area contributed by atoms with Crippen LogP contribution in [0.3, 0.4) is 0 Å². The highest BCUT2D eigenvalue weighted by molar-refractivity contribution is 14.1. The number of hydrogen-bond donors (Lipinski definition) is 1. The Kier molecular flexibility index (Phi) is 5.47. The van der Waals surface area contributed by atoms with E-state index in [1.807, 2.05) is 0 Å². The Morgan fingerprint density at radius 1 is 1.45 bits per heavy atom. The summed E-state index contributed by atoms with van der Waals surface area (Å²) in [5.41, 5.74) is 1.25. The Morgan fingerprint density at radius 2 is 2.23 bits per heavy atom. The van der Waals surface area contributed by atoms with E-state index in [-0.39, 0.29) is 5.56 Å². The molecule has 0 aromatic carbocycles. The molecule has 4 nitrogen and oxygen atoms in total. The molecule has 0 fully saturated rings. The lowest BCUT2D eigenvalue weighted by molar-refractivity contribution is 0.175. The van der Waals surface area contributed by atoms with Crippen molar-refractivity contribution in [3.8, 4) is 0 Å². The summed E-state index contributed by atoms with van der Waals surface area (Å²) < 4.78 is 2.29. The number of thiophene rings is 1. The number of nitrogens with zero attached hydrogens (tertiary/aromatic N) is 2. The third-order valence-corrected chi connectivity index (χ3v) is 6.95. The monoisotopic (exact) mass is 450 g/mol. The Labute approximate surface area is 151 Å². The van der Waals surface area contributed by atoms with E-state index < -0.39 is 6.10 Å². The quantitative estimate of drug-likeness (QED) is 0.329. The van der Waals surface area contributed by atoms with Crippen LogP contribution >= 0.6 is 45.7 Å². The maximum absolute atomic E-state index is 13.0. The summed E-state index contributed by atoms with van der Waals surface area (Å²) in [5.74, 6) is 0.864. The molecule has 2 aromatic rings. The van der Waals surface area contributed by atoms with Crippen LogP contribution in [-0.4, -0.2) is 30.9 Å². The third kappa shape index (κ3) is 3.09. The number of halogens is 1. The van der Waals surface area contributed by atoms with Gasteiger partial charge in [0.2, 0.25) is 0 Å². The van der Waals surface area contributed by atoms with Gasteiger partial charge in [0.25, 0.3) is 5.56 Å². The molecule has 2 heterocycles. The lowest BCUT2D eigenvalue weighted by Gasteiger charge is -2.15. The van der Waals surface area contributed by atoms with Crippen LogP contribution in [0.4, 0.5) is 0 Å². The summed E-state index contributed by atoms with van der Waals surface area (Å²) in [7, 11) is 0. The molecule has 3 rings (SSSR count). The zero-order valence-corrected chi connectivity index (χ0v) is 16.3. The first-order valence-electron chi connectivity index (χ1n) is 7.57. The second-order valence-electron chi connectivity index (χ2n) is 5.44. The van der Waals surface area contributed by atoms with Crippen molar-refractivity contribution in [3.63, 3.8) is 0 Å². The molecule has 1 aliphatic rings. The fraction of sp³-hybridized carbons (Fsp3) is 0.600. The number of alkyl halides is 1. The van der Waals surface area contributed by atoms with Gasteiger partial charge in [0.05, 0.1) is 18.0 Å². The van der Waals surface area contributed by atoms with E-state index in [9.17, 15) is 9.90 Å². The van der Waals surface area contributed by atoms with Gasteiger partial charge in [-0.2, -0.15) is 0 Å². The Morgan fingerprint density at radius 3 is 2.95 bits per heavy atom. The normalized spacial score (nSPS) is 16.0. The predicted octanol–water partition coefficient (Wildman–Crippen LogP) is 3.24. The summed E-state index contributed by atoms with van der Waals surface area (Å²) in [6.07, 6.45) is 3.91. The molecule has 120 valence electrons. The van der Waals surface area contributed by atoms with Gasteiger partial charge in [-0.05, 0) is 37.0 Å². The Bertz CT molecular complexity index is 741. The third-order valence-electron chi connectivity index (χ3n) is 3.88. The van der Waals surface area contributed by atoms with E-state index in [2.05, 4.69) is 29.5 Å². The first-order valence-corrected chi connectivity index (χ1v) is 10.9. The summed E-state index contributed by atoms with van der Waals surface area (Å²) in [5, 5.41) is 11.5. The number of thioether (sulfide) groups is 1. The van der Waals surface area contributed by atoms with Crippen molar-refractivity contribution in [3.05, 3.63) is 20.8 Å². The molecule has 0 aliphatic heterocycles. The predicted molar refractivity (Wildman–Crippen MR) is 102 cm³/mol. The molecule has 0 spiro atoms. The van der Waals surface area contributed by atoms with Gasteiger partial charge in [0.1, 0.15) is 4.83 Å². The molecule has 1 atom stereocenters. The van der Waals surface area contributed by atoms with Crippen LogP contribution in [0.2, 0.25) is 0 Å². The summed E-state index contributed by atoms with van der Waals surface area (Å²) in [6.45, 7) is 2.39. The van der Waals surface area contributed by atoms with Gasteiger partial charge in [0.15, 0.2) is 5.16 Å². The molecule has 0 bridgehead atoms. The van der Waals surface area contributed by atoms with Crippen molar-refractivity contribution >= 4 is 55.9 Å². The van der Waals surface area contributed by atoms with Crippen LogP contribution in [0.15, 0.2) is 9.95 Å². The van der Waals surface area contributed by atoms with Gasteiger partial charge in [-0.25, -0.2) is 4.98 Å². The van der Waals surface area contributed by atoms with Gasteiger partial charge in [-0.1, -0.05) is 41.3 Å². The van der Waals surface area contributed by atoms with Gasteiger partial charge in [-0.3, -0.25) is 9.36 Å². The highest BCUT2D eigenvalue weighted by atomic mass is 127. The van der Waals surface area contributed by atoms with Crippen molar-refractivity contribution < 1.29 is 5.11 Å². The fourth-order valence-electron chi connectivity index (χ4n) is 2.88. The van der Waals surface area contributed by atoms with E-state index in [0.717, 1.165) is 40.4 Å². The second-order valence-corrected chi connectivity index (χ2v) is 8.64. The van der Waals surface area contributed by atoms with Crippen LogP contribution in [0, 0.1) is 0 Å². The van der Waals surface area contributed by atoms with Crippen molar-refractivity contribution in [2.24, 2.45) is 0 Å². The van der Waals surface area contributed by atoms with Crippen LogP contribution in [-0.2, 0) is 19.4 Å². The number of rotatable bonds is 5. The molecule has 2 aromatic heterocycles. The van der Waals surface area contributed by atoms with Gasteiger partial charge in [-0.15, -0.1) is 11.3 Å². The molecular weight excluding hydrogens is 431 g/mol. The summed E-state index contributed by atoms with van der Waals surface area (Å²) in [4.78, 5) is 20.0. The van der Waals surface area contributed by atoms with Crippen LogP contribution in [0.25, 0.3) is 10.2 Å². The minimum absolute atomic E-state index is 0.0317. The van der Waals surface area contributed by atoms with Crippen molar-refractivity contribution in [2.75, 3.05) is 10.2 Å². The Balaban J connectivity index is 2.20. The van der Waals surface area contributed by atoms with E-state index in [0.29, 0.717) is 11.0 Å². The first-order chi connectivity index (χ1) is 10.7. The van der Waals surface area contributed by atoms with Crippen molar-refractivity contribution in [1.82, 2.24) is 9.55 Å². The number of aliphatic hydroxyl groups is 1. The van der Waals surface area contributed by atoms with Gasteiger partial charge < -0.3 is 5.11 Å². The molecule has 7 heteroatoms. The SMILES string of the molecule is CCSc1nc2sc3c(c2c(=O)n1CC(O)CI)CCCC3. The minimum Gasteiger partial charge on any atom is -0.390 e. The van der Waals surface area contributed by atoms with Crippen LogP contribution in [0.1, 0.15) is 30.2 Å². The standard InChI is InChI=1S/C15H19IN2O2S2/c1-2-21-15-17-13-12(10-5-3-4-6-11(10)22-13)14(20)18(15)8-9(19)7-16/h9,19H,2-8H2,1H3. The second kappa shape index (κ2) is 7.19. The number of aliphatic hydroxyl groups excluding tert-OH is 1. The molecule has 0 radical (unpaired) electrons. The maximum Gasteiger partial charge on any atom is 0.263 e. The van der Waals surface area contributed by atoms with Crippen molar-refractivity contribution in [1.29, 1.82) is 0 Å². The fourth-order valence-corrected chi connectivity index (χ4v) is 5.20. The minimum atomic E-state index is -0.511. The molecule has 22 heavy (non-hydrogen) atoms. The van der Waals surface area contributed by atoms with E-state index >= 15 is 0 Å². The van der Waals surface area contributed by atoms with Crippen molar-refractivity contribution in [2.45, 2.75) is 50.4 Å². The average molecular weight is 450 g/mol. The number of hydrogen-bond acceptors (Lipinski definition) is 5. The molecule has 1 unspecified atom stereocenters. The molecule has 0 saturated carbocycles. The molecule has 0 amide bonds. The molecule has 1 N–H and O–H groups in total. The topological polar surface area (TPSA) is 55.1 Å². The van der Waals surface area contributed by atoms with E-state index in [1.54, 1.807) is 27.7 Å².